The summed E-state index contributed by atoms with van der Waals surface area (Å²) in [5, 5.41) is 15.8. The van der Waals surface area contributed by atoms with Gasteiger partial charge in [-0.1, -0.05) is 0 Å². The minimum absolute atomic E-state index is 0.0199. The summed E-state index contributed by atoms with van der Waals surface area (Å²) < 4.78 is 36.9. The van der Waals surface area contributed by atoms with E-state index < -0.39 is 14.9 Å². The monoisotopic (exact) mass is 468 g/mol. The van der Waals surface area contributed by atoms with Crippen LogP contribution in [0.2, 0.25) is 0 Å². The molecule has 1 saturated carbocycles. The first-order valence-electron chi connectivity index (χ1n) is 9.93. The van der Waals surface area contributed by atoms with Gasteiger partial charge in [-0.25, -0.2) is 13.1 Å². The number of nitrogens with zero attached hydrogens (tertiary/aromatic N) is 6. The Hall–Kier alpha value is -2.35. The number of hydrogen-bond acceptors (Lipinski definition) is 8. The fourth-order valence-corrected chi connectivity index (χ4v) is 5.62. The van der Waals surface area contributed by atoms with Gasteiger partial charge < -0.3 is 9.30 Å². The summed E-state index contributed by atoms with van der Waals surface area (Å²) in [5.41, 5.74) is -0.377. The minimum Gasteiger partial charge on any atom is -0.490 e. The number of sulfonamides is 1. The molecule has 1 aromatic carbocycles. The number of nitro benzene ring substituents is 1. The predicted octanol–water partition coefficient (Wildman–Crippen LogP) is 1.94. The van der Waals surface area contributed by atoms with Gasteiger partial charge in [0.1, 0.15) is 5.82 Å². The van der Waals surface area contributed by atoms with Crippen molar-refractivity contribution >= 4 is 27.9 Å². The first-order chi connectivity index (χ1) is 14.7. The van der Waals surface area contributed by atoms with Crippen molar-refractivity contribution in [3.8, 4) is 5.75 Å². The summed E-state index contributed by atoms with van der Waals surface area (Å²) in [5.74, 6) is 0.918. The van der Waals surface area contributed by atoms with Crippen LogP contribution in [0.5, 0.6) is 5.75 Å². The molecule has 2 aromatic rings. The van der Waals surface area contributed by atoms with E-state index in [1.807, 2.05) is 6.92 Å². The van der Waals surface area contributed by atoms with Gasteiger partial charge in [0.05, 0.1) is 23.6 Å². The maximum Gasteiger partial charge on any atom is 0.312 e. The standard InChI is InChI=1S/C18H24N6O5S2/c1-13-19-22(18(30)23(13)14-3-4-14)12-20-7-9-21(10-8-20)31(27,28)15-5-6-17(29-2)16(11-15)24(25)26/h5-6,11,14H,3-4,7-10,12H2,1-2H3. The van der Waals surface area contributed by atoms with Gasteiger partial charge in [-0.2, -0.15) is 9.40 Å². The third-order valence-corrected chi connectivity index (χ3v) is 7.91. The number of rotatable bonds is 7. The van der Waals surface area contributed by atoms with Gasteiger partial charge in [0.2, 0.25) is 10.0 Å². The van der Waals surface area contributed by atoms with Gasteiger partial charge in [0.25, 0.3) is 0 Å². The highest BCUT2D eigenvalue weighted by Crippen LogP contribution is 2.36. The number of benzene rings is 1. The molecule has 1 aromatic heterocycles. The molecule has 1 saturated heterocycles. The first kappa shape index (κ1) is 21.9. The molecule has 31 heavy (non-hydrogen) atoms. The Balaban J connectivity index is 1.45. The lowest BCUT2D eigenvalue weighted by Crippen LogP contribution is -2.48. The van der Waals surface area contributed by atoms with E-state index in [2.05, 4.69) is 14.6 Å². The predicted molar refractivity (Wildman–Crippen MR) is 114 cm³/mol. The van der Waals surface area contributed by atoms with Crippen LogP contribution in [0.1, 0.15) is 24.7 Å². The molecule has 168 valence electrons. The van der Waals surface area contributed by atoms with Crippen LogP contribution in [0.4, 0.5) is 5.69 Å². The lowest BCUT2D eigenvalue weighted by Gasteiger charge is -2.33. The highest BCUT2D eigenvalue weighted by atomic mass is 32.2. The van der Waals surface area contributed by atoms with Crippen LogP contribution in [0.3, 0.4) is 0 Å². The Kier molecular flexibility index (Phi) is 5.85. The van der Waals surface area contributed by atoms with E-state index in [1.165, 1.54) is 23.5 Å². The number of piperazine rings is 1. The van der Waals surface area contributed by atoms with Crippen molar-refractivity contribution in [3.05, 3.63) is 38.9 Å². The summed E-state index contributed by atoms with van der Waals surface area (Å²) in [4.78, 5) is 12.6. The normalized spacial score (nSPS) is 18.3. The molecule has 0 radical (unpaired) electrons. The molecule has 0 unspecified atom stereocenters. The average Bonchev–Trinajstić information content (AvgIpc) is 3.53. The topological polar surface area (TPSA) is 116 Å². The molecule has 2 heterocycles. The van der Waals surface area contributed by atoms with Gasteiger partial charge in [0, 0.05) is 38.3 Å². The summed E-state index contributed by atoms with van der Waals surface area (Å²) in [6.07, 6.45) is 2.25. The molecule has 1 aliphatic carbocycles. The smallest absolute Gasteiger partial charge is 0.312 e. The van der Waals surface area contributed by atoms with Gasteiger partial charge >= 0.3 is 5.69 Å². The highest BCUT2D eigenvalue weighted by Gasteiger charge is 2.31. The number of methoxy groups -OCH3 is 1. The molecular formula is C18H24N6O5S2. The Morgan fingerprint density at radius 3 is 2.52 bits per heavy atom. The van der Waals surface area contributed by atoms with E-state index >= 15 is 0 Å². The Labute approximate surface area is 185 Å². The maximum atomic E-state index is 13.0. The molecule has 0 amide bonds. The zero-order chi connectivity index (χ0) is 22.3. The fourth-order valence-electron chi connectivity index (χ4n) is 3.80. The Bertz CT molecular complexity index is 1160. The van der Waals surface area contributed by atoms with Crippen molar-refractivity contribution in [2.24, 2.45) is 0 Å². The minimum atomic E-state index is -3.85. The molecular weight excluding hydrogens is 444 g/mol. The summed E-state index contributed by atoms with van der Waals surface area (Å²) in [6.45, 7) is 4.02. The zero-order valence-electron chi connectivity index (χ0n) is 17.3. The molecule has 13 heteroatoms. The highest BCUT2D eigenvalue weighted by molar-refractivity contribution is 7.89. The van der Waals surface area contributed by atoms with Crippen molar-refractivity contribution in [2.45, 2.75) is 37.4 Å². The van der Waals surface area contributed by atoms with Crippen LogP contribution in [-0.2, 0) is 16.7 Å². The molecule has 0 atom stereocenters. The fraction of sp³-hybridized carbons (Fsp3) is 0.556. The number of ether oxygens (including phenoxy) is 1. The lowest BCUT2D eigenvalue weighted by molar-refractivity contribution is -0.386. The molecule has 1 aliphatic heterocycles. The van der Waals surface area contributed by atoms with E-state index in [0.29, 0.717) is 30.6 Å². The second-order valence-corrected chi connectivity index (χ2v) is 9.99. The molecule has 0 N–H and O–H groups in total. The molecule has 4 rings (SSSR count). The third-order valence-electron chi connectivity index (χ3n) is 5.60. The second-order valence-electron chi connectivity index (χ2n) is 7.68. The number of aromatic nitrogens is 3. The van der Waals surface area contributed by atoms with Crippen LogP contribution in [0.25, 0.3) is 0 Å². The first-order valence-corrected chi connectivity index (χ1v) is 11.8. The average molecular weight is 469 g/mol. The number of aryl methyl sites for hydroxylation is 1. The molecule has 0 bridgehead atoms. The Morgan fingerprint density at radius 2 is 1.94 bits per heavy atom. The van der Waals surface area contributed by atoms with Gasteiger partial charge in [-0.3, -0.25) is 15.0 Å². The molecule has 2 fully saturated rings. The SMILES string of the molecule is COc1ccc(S(=O)(=O)N2CCN(Cn3nc(C)n(C4CC4)c3=S)CC2)cc1[N+](=O)[O-]. The van der Waals surface area contributed by atoms with Crippen molar-refractivity contribution in [1.29, 1.82) is 0 Å². The van der Waals surface area contributed by atoms with Crippen molar-refractivity contribution in [2.75, 3.05) is 33.3 Å². The van der Waals surface area contributed by atoms with Crippen LogP contribution in [0, 0.1) is 21.8 Å². The lowest BCUT2D eigenvalue weighted by atomic mass is 10.3. The molecule has 2 aliphatic rings. The van der Waals surface area contributed by atoms with Crippen molar-refractivity contribution in [1.82, 2.24) is 23.6 Å². The molecule has 11 nitrogen and oxygen atoms in total. The van der Waals surface area contributed by atoms with E-state index in [9.17, 15) is 18.5 Å². The third kappa shape index (κ3) is 4.22. The Morgan fingerprint density at radius 1 is 1.26 bits per heavy atom. The van der Waals surface area contributed by atoms with E-state index in [4.69, 9.17) is 17.0 Å². The number of nitro groups is 1. The maximum absolute atomic E-state index is 13.0. The van der Waals surface area contributed by atoms with Crippen molar-refractivity contribution in [3.63, 3.8) is 0 Å². The van der Waals surface area contributed by atoms with Gasteiger partial charge in [-0.15, -0.1) is 0 Å². The van der Waals surface area contributed by atoms with E-state index in [-0.39, 0.29) is 29.4 Å². The quantitative estimate of drug-likeness (QED) is 0.344. The summed E-state index contributed by atoms with van der Waals surface area (Å²) >= 11 is 5.56. The van der Waals surface area contributed by atoms with Crippen LogP contribution in [0.15, 0.2) is 23.1 Å². The summed E-state index contributed by atoms with van der Waals surface area (Å²) in [7, 11) is -2.55. The van der Waals surface area contributed by atoms with Gasteiger partial charge in [0.15, 0.2) is 10.5 Å². The van der Waals surface area contributed by atoms with E-state index in [1.54, 1.807) is 4.68 Å². The number of hydrogen-bond donors (Lipinski definition) is 0. The molecule has 0 spiro atoms. The van der Waals surface area contributed by atoms with Gasteiger partial charge in [-0.05, 0) is 44.1 Å². The van der Waals surface area contributed by atoms with E-state index in [0.717, 1.165) is 24.7 Å². The zero-order valence-corrected chi connectivity index (χ0v) is 18.9. The van der Waals surface area contributed by atoms with Crippen molar-refractivity contribution < 1.29 is 18.1 Å². The van der Waals surface area contributed by atoms with Crippen LogP contribution < -0.4 is 4.74 Å². The van der Waals surface area contributed by atoms with Crippen LogP contribution >= 0.6 is 12.2 Å². The second kappa shape index (κ2) is 8.30. The summed E-state index contributed by atoms with van der Waals surface area (Å²) in [6, 6.07) is 4.14. The van der Waals surface area contributed by atoms with Crippen LogP contribution in [-0.4, -0.2) is 70.2 Å². The largest absolute Gasteiger partial charge is 0.490 e.